The summed E-state index contributed by atoms with van der Waals surface area (Å²) in [6, 6.07) is 19.7. The van der Waals surface area contributed by atoms with Gasteiger partial charge < -0.3 is 9.47 Å². The van der Waals surface area contributed by atoms with E-state index in [1.54, 1.807) is 30.7 Å². The Balaban J connectivity index is 1.68. The van der Waals surface area contributed by atoms with Crippen LogP contribution >= 0.6 is 0 Å². The van der Waals surface area contributed by atoms with Crippen LogP contribution < -0.4 is 0 Å². The Morgan fingerprint density at radius 2 is 1.85 bits per heavy atom. The summed E-state index contributed by atoms with van der Waals surface area (Å²) in [7, 11) is 2.03. The van der Waals surface area contributed by atoms with Crippen molar-refractivity contribution in [3.63, 3.8) is 0 Å². The summed E-state index contributed by atoms with van der Waals surface area (Å²) in [5, 5.41) is 1.17. The Kier molecular flexibility index (Phi) is 4.66. The Labute approximate surface area is 157 Å². The Hall–Kier alpha value is -3.47. The Bertz CT molecular complexity index is 1060. The number of amides is 1. The van der Waals surface area contributed by atoms with E-state index in [0.717, 1.165) is 16.9 Å². The van der Waals surface area contributed by atoms with Crippen molar-refractivity contribution in [3.8, 4) is 0 Å². The van der Waals surface area contributed by atoms with Crippen molar-refractivity contribution in [3.05, 3.63) is 96.2 Å². The highest BCUT2D eigenvalue weighted by Crippen LogP contribution is 2.21. The van der Waals surface area contributed by atoms with Crippen molar-refractivity contribution in [2.45, 2.75) is 13.1 Å². The van der Waals surface area contributed by atoms with Crippen molar-refractivity contribution >= 4 is 16.8 Å². The molecule has 4 aromatic rings. The van der Waals surface area contributed by atoms with Gasteiger partial charge in [0.25, 0.3) is 5.91 Å². The van der Waals surface area contributed by atoms with Crippen LogP contribution in [0.5, 0.6) is 0 Å². The molecular weight excluding hydrogens is 336 g/mol. The van der Waals surface area contributed by atoms with E-state index in [0.29, 0.717) is 18.7 Å². The smallest absolute Gasteiger partial charge is 0.256 e. The number of aromatic nitrogens is 3. The third-order valence-corrected chi connectivity index (χ3v) is 4.68. The average molecular weight is 356 g/mol. The van der Waals surface area contributed by atoms with Crippen molar-refractivity contribution in [2.24, 2.45) is 7.05 Å². The monoisotopic (exact) mass is 356 g/mol. The number of hydrogen-bond donors (Lipinski definition) is 0. The fraction of sp³-hybridized carbons (Fsp3) is 0.136. The van der Waals surface area contributed by atoms with Gasteiger partial charge in [0, 0.05) is 36.8 Å². The first-order valence-corrected chi connectivity index (χ1v) is 8.85. The van der Waals surface area contributed by atoms with E-state index in [4.69, 9.17) is 0 Å². The molecule has 4 rings (SSSR count). The lowest BCUT2D eigenvalue weighted by Gasteiger charge is -2.23. The predicted octanol–water partition coefficient (Wildman–Crippen LogP) is 3.81. The van der Waals surface area contributed by atoms with Gasteiger partial charge in [0.1, 0.15) is 0 Å². The number of aryl methyl sites for hydroxylation is 1. The first-order chi connectivity index (χ1) is 13.2. The molecule has 0 aliphatic rings. The Morgan fingerprint density at radius 1 is 1.00 bits per heavy atom. The standard InChI is InChI=1S/C22H20N4O/c1-25-20(13-17-7-2-3-10-21(17)25)16-26(15-19-9-4-5-12-24-19)22(27)18-8-6-11-23-14-18/h2-14H,15-16H2,1H3. The molecule has 1 aromatic carbocycles. The molecule has 5 heteroatoms. The highest BCUT2D eigenvalue weighted by Gasteiger charge is 2.19. The number of rotatable bonds is 5. The van der Waals surface area contributed by atoms with Crippen LogP contribution in [0.1, 0.15) is 21.7 Å². The molecule has 1 amide bonds. The van der Waals surface area contributed by atoms with Gasteiger partial charge >= 0.3 is 0 Å². The molecular formula is C22H20N4O. The number of para-hydroxylation sites is 1. The lowest BCUT2D eigenvalue weighted by Crippen LogP contribution is -2.31. The van der Waals surface area contributed by atoms with Gasteiger partial charge in [-0.1, -0.05) is 24.3 Å². The number of carbonyl (C=O) groups excluding carboxylic acids is 1. The summed E-state index contributed by atoms with van der Waals surface area (Å²) in [4.78, 5) is 23.4. The average Bonchev–Trinajstić information content (AvgIpc) is 3.04. The van der Waals surface area contributed by atoms with Gasteiger partial charge in [-0.05, 0) is 41.8 Å². The minimum atomic E-state index is -0.0565. The fourth-order valence-electron chi connectivity index (χ4n) is 3.25. The van der Waals surface area contributed by atoms with E-state index in [9.17, 15) is 4.79 Å². The number of carbonyl (C=O) groups is 1. The third-order valence-electron chi connectivity index (χ3n) is 4.68. The second-order valence-electron chi connectivity index (χ2n) is 6.48. The molecule has 0 aliphatic carbocycles. The second kappa shape index (κ2) is 7.41. The van der Waals surface area contributed by atoms with Gasteiger partial charge in [0.05, 0.1) is 24.3 Å². The molecule has 0 unspecified atom stereocenters. The maximum absolute atomic E-state index is 13.1. The summed E-state index contributed by atoms with van der Waals surface area (Å²) in [6.07, 6.45) is 5.03. The zero-order chi connectivity index (χ0) is 18.6. The van der Waals surface area contributed by atoms with Gasteiger partial charge in [-0.25, -0.2) is 0 Å². The lowest BCUT2D eigenvalue weighted by atomic mass is 10.2. The van der Waals surface area contributed by atoms with Crippen LogP contribution in [0.25, 0.3) is 10.9 Å². The van der Waals surface area contributed by atoms with Crippen LogP contribution in [-0.4, -0.2) is 25.3 Å². The third kappa shape index (κ3) is 3.58. The minimum absolute atomic E-state index is 0.0565. The summed E-state index contributed by atoms with van der Waals surface area (Å²) in [6.45, 7) is 0.936. The summed E-state index contributed by atoms with van der Waals surface area (Å²) < 4.78 is 2.14. The first-order valence-electron chi connectivity index (χ1n) is 8.85. The predicted molar refractivity (Wildman–Crippen MR) is 105 cm³/mol. The van der Waals surface area contributed by atoms with Crippen LogP contribution in [0, 0.1) is 0 Å². The van der Waals surface area contributed by atoms with Crippen molar-refractivity contribution < 1.29 is 4.79 Å². The van der Waals surface area contributed by atoms with Crippen LogP contribution in [0.2, 0.25) is 0 Å². The fourth-order valence-corrected chi connectivity index (χ4v) is 3.25. The second-order valence-corrected chi connectivity index (χ2v) is 6.48. The number of hydrogen-bond acceptors (Lipinski definition) is 3. The van der Waals surface area contributed by atoms with E-state index in [1.807, 2.05) is 42.3 Å². The van der Waals surface area contributed by atoms with Crippen LogP contribution in [-0.2, 0) is 20.1 Å². The number of benzene rings is 1. The number of fused-ring (bicyclic) bond motifs is 1. The van der Waals surface area contributed by atoms with Gasteiger partial charge in [-0.2, -0.15) is 0 Å². The summed E-state index contributed by atoms with van der Waals surface area (Å²) in [5.74, 6) is -0.0565. The molecule has 0 saturated heterocycles. The zero-order valence-corrected chi connectivity index (χ0v) is 15.1. The van der Waals surface area contributed by atoms with Crippen molar-refractivity contribution in [1.29, 1.82) is 0 Å². The molecule has 5 nitrogen and oxygen atoms in total. The van der Waals surface area contributed by atoms with E-state index in [1.165, 1.54) is 5.39 Å². The molecule has 0 N–H and O–H groups in total. The summed E-state index contributed by atoms with van der Waals surface area (Å²) in [5.41, 5.74) is 3.66. The molecule has 0 fully saturated rings. The van der Waals surface area contributed by atoms with Gasteiger partial charge in [-0.3, -0.25) is 14.8 Å². The normalized spacial score (nSPS) is 10.9. The molecule has 134 valence electrons. The van der Waals surface area contributed by atoms with E-state index in [2.05, 4.69) is 32.7 Å². The van der Waals surface area contributed by atoms with E-state index < -0.39 is 0 Å². The van der Waals surface area contributed by atoms with Crippen LogP contribution in [0.4, 0.5) is 0 Å². The largest absolute Gasteiger partial charge is 0.346 e. The molecule has 3 heterocycles. The topological polar surface area (TPSA) is 51.0 Å². The first kappa shape index (κ1) is 17.0. The Morgan fingerprint density at radius 3 is 2.59 bits per heavy atom. The maximum atomic E-state index is 13.1. The van der Waals surface area contributed by atoms with Gasteiger partial charge in [0.2, 0.25) is 0 Å². The number of nitrogens with zero attached hydrogens (tertiary/aromatic N) is 4. The molecule has 0 bridgehead atoms. The highest BCUT2D eigenvalue weighted by atomic mass is 16.2. The van der Waals surface area contributed by atoms with Crippen molar-refractivity contribution in [2.75, 3.05) is 0 Å². The van der Waals surface area contributed by atoms with Crippen LogP contribution in [0.15, 0.2) is 79.3 Å². The van der Waals surface area contributed by atoms with E-state index >= 15 is 0 Å². The quantitative estimate of drug-likeness (QED) is 0.546. The molecule has 0 aliphatic heterocycles. The molecule has 3 aromatic heterocycles. The number of pyridine rings is 2. The SMILES string of the molecule is Cn1c(CN(Cc2ccccn2)C(=O)c2cccnc2)cc2ccccc21. The maximum Gasteiger partial charge on any atom is 0.256 e. The van der Waals surface area contributed by atoms with Crippen molar-refractivity contribution in [1.82, 2.24) is 19.4 Å². The van der Waals surface area contributed by atoms with Crippen LogP contribution in [0.3, 0.4) is 0 Å². The zero-order valence-electron chi connectivity index (χ0n) is 15.1. The molecule has 27 heavy (non-hydrogen) atoms. The molecule has 0 spiro atoms. The lowest BCUT2D eigenvalue weighted by molar-refractivity contribution is 0.0724. The van der Waals surface area contributed by atoms with E-state index in [-0.39, 0.29) is 5.91 Å². The minimum Gasteiger partial charge on any atom is -0.346 e. The van der Waals surface area contributed by atoms with Gasteiger partial charge in [0.15, 0.2) is 0 Å². The molecule has 0 atom stereocenters. The summed E-state index contributed by atoms with van der Waals surface area (Å²) >= 11 is 0. The van der Waals surface area contributed by atoms with Gasteiger partial charge in [-0.15, -0.1) is 0 Å². The highest BCUT2D eigenvalue weighted by molar-refractivity contribution is 5.94. The molecule has 0 saturated carbocycles. The molecule has 0 radical (unpaired) electrons.